The predicted octanol–water partition coefficient (Wildman–Crippen LogP) is 4.85. The Morgan fingerprint density at radius 3 is 2.70 bits per heavy atom. The van der Waals surface area contributed by atoms with Gasteiger partial charge < -0.3 is 14.4 Å². The Balaban J connectivity index is 1.67. The van der Waals surface area contributed by atoms with Crippen molar-refractivity contribution in [3.8, 4) is 5.75 Å². The monoisotopic (exact) mass is 428 g/mol. The third kappa shape index (κ3) is 5.87. The summed E-state index contributed by atoms with van der Waals surface area (Å²) in [6, 6.07) is 13.9. The fraction of sp³-hybridized carbons (Fsp3) is 0.304. The minimum atomic E-state index is -0.523. The fourth-order valence-corrected chi connectivity index (χ4v) is 3.69. The summed E-state index contributed by atoms with van der Waals surface area (Å²) in [7, 11) is 1.62. The number of para-hydroxylation sites is 1. The normalized spacial score (nSPS) is 10.8. The van der Waals surface area contributed by atoms with E-state index < -0.39 is 5.82 Å². The highest BCUT2D eigenvalue weighted by Gasteiger charge is 2.20. The smallest absolute Gasteiger partial charge is 0.257 e. The van der Waals surface area contributed by atoms with Crippen LogP contribution in [0.25, 0.3) is 0 Å². The number of carbonyl (C=O) groups is 1. The first kappa shape index (κ1) is 21.9. The van der Waals surface area contributed by atoms with E-state index in [2.05, 4.69) is 4.98 Å². The van der Waals surface area contributed by atoms with Crippen LogP contribution < -0.4 is 4.74 Å². The number of halogens is 1. The van der Waals surface area contributed by atoms with Crippen LogP contribution in [0.4, 0.5) is 4.39 Å². The summed E-state index contributed by atoms with van der Waals surface area (Å²) in [5.74, 6) is -0.0510. The molecule has 0 atom stereocenters. The second kappa shape index (κ2) is 10.8. The summed E-state index contributed by atoms with van der Waals surface area (Å²) >= 11 is 1.48. The Hall–Kier alpha value is -2.77. The summed E-state index contributed by atoms with van der Waals surface area (Å²) in [6.07, 6.45) is 0.657. The van der Waals surface area contributed by atoms with Gasteiger partial charge in [0.15, 0.2) is 0 Å². The molecular weight excluding hydrogens is 403 g/mol. The molecule has 158 valence electrons. The lowest BCUT2D eigenvalue weighted by molar-refractivity contribution is 0.0717. The van der Waals surface area contributed by atoms with Gasteiger partial charge in [0.05, 0.1) is 17.8 Å². The molecule has 0 saturated carbocycles. The molecule has 0 spiro atoms. The average molecular weight is 429 g/mol. The number of methoxy groups -OCH3 is 1. The first-order chi connectivity index (χ1) is 14.6. The molecule has 0 N–H and O–H groups in total. The van der Waals surface area contributed by atoms with E-state index in [-0.39, 0.29) is 11.5 Å². The van der Waals surface area contributed by atoms with Crippen molar-refractivity contribution in [2.24, 2.45) is 0 Å². The molecule has 0 saturated heterocycles. The van der Waals surface area contributed by atoms with Gasteiger partial charge in [-0.2, -0.15) is 0 Å². The van der Waals surface area contributed by atoms with Crippen LogP contribution in [-0.2, 0) is 17.9 Å². The lowest BCUT2D eigenvalue weighted by Gasteiger charge is -2.22. The topological polar surface area (TPSA) is 51.7 Å². The molecule has 3 aromatic rings. The van der Waals surface area contributed by atoms with E-state index in [1.807, 2.05) is 36.6 Å². The summed E-state index contributed by atoms with van der Waals surface area (Å²) in [5, 5.41) is 2.73. The maximum Gasteiger partial charge on any atom is 0.257 e. The van der Waals surface area contributed by atoms with E-state index in [0.29, 0.717) is 32.7 Å². The van der Waals surface area contributed by atoms with Gasteiger partial charge in [-0.3, -0.25) is 4.79 Å². The van der Waals surface area contributed by atoms with Crippen LogP contribution in [0, 0.1) is 12.7 Å². The largest absolute Gasteiger partial charge is 0.486 e. The van der Waals surface area contributed by atoms with Gasteiger partial charge in [-0.25, -0.2) is 9.37 Å². The number of benzene rings is 2. The van der Waals surface area contributed by atoms with E-state index in [4.69, 9.17) is 9.47 Å². The van der Waals surface area contributed by atoms with Crippen LogP contribution in [0.3, 0.4) is 0 Å². The number of nitrogens with zero attached hydrogens (tertiary/aromatic N) is 2. The number of hydrogen-bond acceptors (Lipinski definition) is 5. The molecule has 0 aliphatic carbocycles. The molecule has 1 aromatic heterocycles. The second-order valence-corrected chi connectivity index (χ2v) is 7.78. The maximum atomic E-state index is 14.1. The molecule has 0 bridgehead atoms. The van der Waals surface area contributed by atoms with Gasteiger partial charge in [0.25, 0.3) is 5.91 Å². The Labute approximate surface area is 180 Å². The van der Waals surface area contributed by atoms with Crippen LogP contribution in [0.15, 0.2) is 53.9 Å². The highest BCUT2D eigenvalue weighted by Crippen LogP contribution is 2.20. The van der Waals surface area contributed by atoms with Crippen LogP contribution in [0.2, 0.25) is 0 Å². The predicted molar refractivity (Wildman–Crippen MR) is 115 cm³/mol. The number of rotatable bonds is 10. The SMILES string of the molecule is COCCCN(Cc1csc(COc2ccccc2C)n1)C(=O)c1ccccc1F. The average Bonchev–Trinajstić information content (AvgIpc) is 3.20. The van der Waals surface area contributed by atoms with Crippen molar-refractivity contribution >= 4 is 17.2 Å². The maximum absolute atomic E-state index is 14.1. The highest BCUT2D eigenvalue weighted by molar-refractivity contribution is 7.09. The van der Waals surface area contributed by atoms with Gasteiger partial charge in [-0.15, -0.1) is 11.3 Å². The quantitative estimate of drug-likeness (QED) is 0.433. The van der Waals surface area contributed by atoms with Crippen LogP contribution in [0.1, 0.15) is 33.0 Å². The van der Waals surface area contributed by atoms with Gasteiger partial charge in [-0.1, -0.05) is 30.3 Å². The summed E-state index contributed by atoms with van der Waals surface area (Å²) in [4.78, 5) is 19.1. The molecule has 0 radical (unpaired) electrons. The number of aryl methyl sites for hydroxylation is 1. The van der Waals surface area contributed by atoms with Crippen molar-refractivity contribution in [2.75, 3.05) is 20.3 Å². The highest BCUT2D eigenvalue weighted by atomic mass is 32.1. The zero-order chi connectivity index (χ0) is 21.3. The summed E-state index contributed by atoms with van der Waals surface area (Å²) in [5.41, 5.74) is 1.88. The molecule has 0 fully saturated rings. The second-order valence-electron chi connectivity index (χ2n) is 6.84. The first-order valence-corrected chi connectivity index (χ1v) is 10.6. The van der Waals surface area contributed by atoms with E-state index >= 15 is 0 Å². The molecule has 0 aliphatic heterocycles. The van der Waals surface area contributed by atoms with Crippen LogP contribution in [-0.4, -0.2) is 36.1 Å². The van der Waals surface area contributed by atoms with Crippen molar-refractivity contribution in [1.29, 1.82) is 0 Å². The van der Waals surface area contributed by atoms with E-state index in [9.17, 15) is 9.18 Å². The van der Waals surface area contributed by atoms with Crippen LogP contribution in [0.5, 0.6) is 5.75 Å². The van der Waals surface area contributed by atoms with E-state index in [1.165, 1.54) is 23.5 Å². The zero-order valence-corrected chi connectivity index (χ0v) is 18.0. The molecule has 30 heavy (non-hydrogen) atoms. The number of amides is 1. The molecule has 0 aliphatic rings. The molecule has 7 heteroatoms. The summed E-state index contributed by atoms with van der Waals surface area (Å²) in [6.45, 7) is 3.63. The van der Waals surface area contributed by atoms with Crippen molar-refractivity contribution in [2.45, 2.75) is 26.5 Å². The minimum absolute atomic E-state index is 0.0632. The standard InChI is InChI=1S/C23H25FN2O3S/c1-17-8-3-6-11-21(17)29-15-22-25-18(16-30-22)14-26(12-7-13-28-2)23(27)19-9-4-5-10-20(19)24/h3-6,8-11,16H,7,12-15H2,1-2H3. The fourth-order valence-electron chi connectivity index (χ4n) is 3.00. The molecule has 1 amide bonds. The third-order valence-corrected chi connectivity index (χ3v) is 5.44. The van der Waals surface area contributed by atoms with Gasteiger partial charge in [0.1, 0.15) is 23.2 Å². The molecule has 2 aromatic carbocycles. The Kier molecular flexibility index (Phi) is 7.93. The number of carbonyl (C=O) groups excluding carboxylic acids is 1. The lowest BCUT2D eigenvalue weighted by Crippen LogP contribution is -2.32. The molecular formula is C23H25FN2O3S. The molecule has 1 heterocycles. The summed E-state index contributed by atoms with van der Waals surface area (Å²) < 4.78 is 25.1. The first-order valence-electron chi connectivity index (χ1n) is 9.73. The molecule has 3 rings (SSSR count). The van der Waals surface area contributed by atoms with E-state index in [1.54, 1.807) is 24.1 Å². The Morgan fingerprint density at radius 2 is 1.93 bits per heavy atom. The number of hydrogen-bond donors (Lipinski definition) is 0. The van der Waals surface area contributed by atoms with Gasteiger partial charge >= 0.3 is 0 Å². The third-order valence-electron chi connectivity index (χ3n) is 4.56. The Bertz CT molecular complexity index is 976. The van der Waals surface area contributed by atoms with Gasteiger partial charge in [0.2, 0.25) is 0 Å². The van der Waals surface area contributed by atoms with Crippen molar-refractivity contribution in [3.05, 3.63) is 81.6 Å². The zero-order valence-electron chi connectivity index (χ0n) is 17.1. The molecule has 0 unspecified atom stereocenters. The minimum Gasteiger partial charge on any atom is -0.486 e. The van der Waals surface area contributed by atoms with E-state index in [0.717, 1.165) is 22.0 Å². The van der Waals surface area contributed by atoms with Crippen molar-refractivity contribution in [1.82, 2.24) is 9.88 Å². The van der Waals surface area contributed by atoms with Crippen molar-refractivity contribution in [3.63, 3.8) is 0 Å². The number of thiazole rings is 1. The van der Waals surface area contributed by atoms with Gasteiger partial charge in [0, 0.05) is 25.6 Å². The number of aromatic nitrogens is 1. The van der Waals surface area contributed by atoms with Crippen molar-refractivity contribution < 1.29 is 18.7 Å². The van der Waals surface area contributed by atoms with Crippen LogP contribution >= 0.6 is 11.3 Å². The van der Waals surface area contributed by atoms with Gasteiger partial charge in [-0.05, 0) is 37.1 Å². The Morgan fingerprint density at radius 1 is 1.17 bits per heavy atom. The molecule has 5 nitrogen and oxygen atoms in total. The number of ether oxygens (including phenoxy) is 2. The lowest BCUT2D eigenvalue weighted by atomic mass is 10.1.